The smallest absolute Gasteiger partial charge is 0.324 e. The first kappa shape index (κ1) is 15.9. The lowest BCUT2D eigenvalue weighted by molar-refractivity contribution is -0.170. The molecule has 0 bridgehead atoms. The molecule has 1 rings (SSSR count). The SMILES string of the molecule is CCCCC1CS(=O)(=O)CC1(C(=O)OC)C(=O)OC. The Morgan fingerprint density at radius 1 is 1.21 bits per heavy atom. The lowest BCUT2D eigenvalue weighted by Gasteiger charge is -2.28. The number of carbonyl (C=O) groups is 2. The molecule has 110 valence electrons. The summed E-state index contributed by atoms with van der Waals surface area (Å²) >= 11 is 0. The lowest BCUT2D eigenvalue weighted by atomic mass is 9.75. The topological polar surface area (TPSA) is 86.7 Å². The third kappa shape index (κ3) is 2.91. The molecule has 1 aliphatic rings. The number of carbonyl (C=O) groups excluding carboxylic acids is 2. The summed E-state index contributed by atoms with van der Waals surface area (Å²) in [5.41, 5.74) is -1.70. The standard InChI is InChI=1S/C12H20O6S/c1-4-5-6-9-7-19(15,16)8-12(9,10(13)17-2)11(14)18-3/h9H,4-8H2,1-3H3. The quantitative estimate of drug-likeness (QED) is 0.543. The fourth-order valence-electron chi connectivity index (χ4n) is 2.65. The van der Waals surface area contributed by atoms with Crippen LogP contribution in [-0.4, -0.2) is 46.1 Å². The minimum atomic E-state index is -3.45. The van der Waals surface area contributed by atoms with Crippen LogP contribution in [0.1, 0.15) is 26.2 Å². The van der Waals surface area contributed by atoms with Gasteiger partial charge in [0.1, 0.15) is 0 Å². The maximum absolute atomic E-state index is 12.0. The molecule has 6 nitrogen and oxygen atoms in total. The van der Waals surface area contributed by atoms with E-state index in [-0.39, 0.29) is 5.75 Å². The van der Waals surface area contributed by atoms with Gasteiger partial charge >= 0.3 is 11.9 Å². The van der Waals surface area contributed by atoms with E-state index in [1.165, 1.54) is 0 Å². The molecule has 7 heteroatoms. The molecule has 1 heterocycles. The number of hydrogen-bond acceptors (Lipinski definition) is 6. The zero-order valence-electron chi connectivity index (χ0n) is 11.5. The number of sulfone groups is 1. The Bertz CT molecular complexity index is 437. The summed E-state index contributed by atoms with van der Waals surface area (Å²) in [7, 11) is -1.15. The van der Waals surface area contributed by atoms with Crippen LogP contribution < -0.4 is 0 Å². The van der Waals surface area contributed by atoms with E-state index < -0.39 is 38.9 Å². The van der Waals surface area contributed by atoms with Crippen LogP contribution in [0.25, 0.3) is 0 Å². The molecule has 19 heavy (non-hydrogen) atoms. The molecular weight excluding hydrogens is 272 g/mol. The Hall–Kier alpha value is -1.11. The number of methoxy groups -OCH3 is 2. The highest BCUT2D eigenvalue weighted by Crippen LogP contribution is 2.42. The molecular formula is C12H20O6S. The van der Waals surface area contributed by atoms with Gasteiger partial charge in [-0.15, -0.1) is 0 Å². The minimum Gasteiger partial charge on any atom is -0.468 e. The highest BCUT2D eigenvalue weighted by Gasteiger charge is 2.62. The molecule has 0 spiro atoms. The van der Waals surface area contributed by atoms with Gasteiger partial charge < -0.3 is 9.47 Å². The van der Waals surface area contributed by atoms with Crippen molar-refractivity contribution in [1.29, 1.82) is 0 Å². The van der Waals surface area contributed by atoms with Crippen LogP contribution in [0.2, 0.25) is 0 Å². The molecule has 1 atom stereocenters. The second kappa shape index (κ2) is 5.90. The molecule has 0 aromatic carbocycles. The summed E-state index contributed by atoms with van der Waals surface area (Å²) in [6, 6.07) is 0. The van der Waals surface area contributed by atoms with Crippen molar-refractivity contribution in [3.63, 3.8) is 0 Å². The largest absolute Gasteiger partial charge is 0.468 e. The van der Waals surface area contributed by atoms with E-state index in [1.807, 2.05) is 6.92 Å². The molecule has 0 radical (unpaired) electrons. The highest BCUT2D eigenvalue weighted by molar-refractivity contribution is 7.91. The van der Waals surface area contributed by atoms with Gasteiger partial charge in [-0.3, -0.25) is 9.59 Å². The first-order valence-electron chi connectivity index (χ1n) is 6.21. The van der Waals surface area contributed by atoms with Crippen LogP contribution in [0, 0.1) is 11.3 Å². The Morgan fingerprint density at radius 2 is 1.74 bits per heavy atom. The van der Waals surface area contributed by atoms with Gasteiger partial charge in [-0.05, 0) is 6.42 Å². The second-order valence-electron chi connectivity index (χ2n) is 4.85. The third-order valence-corrected chi connectivity index (χ3v) is 5.41. The highest BCUT2D eigenvalue weighted by atomic mass is 32.2. The zero-order chi connectivity index (χ0) is 14.7. The molecule has 1 fully saturated rings. The summed E-state index contributed by atoms with van der Waals surface area (Å²) in [6.45, 7) is 1.96. The van der Waals surface area contributed by atoms with Gasteiger partial charge in [0.2, 0.25) is 0 Å². The van der Waals surface area contributed by atoms with E-state index in [9.17, 15) is 18.0 Å². The van der Waals surface area contributed by atoms with Gasteiger partial charge in [-0.25, -0.2) is 8.42 Å². The van der Waals surface area contributed by atoms with Crippen molar-refractivity contribution in [2.24, 2.45) is 11.3 Å². The Labute approximate surface area is 113 Å². The number of unbranched alkanes of at least 4 members (excludes halogenated alkanes) is 1. The number of hydrogen-bond donors (Lipinski definition) is 0. The summed E-state index contributed by atoms with van der Waals surface area (Å²) in [6.07, 6.45) is 2.09. The normalized spacial score (nSPS) is 23.8. The van der Waals surface area contributed by atoms with E-state index in [1.54, 1.807) is 0 Å². The van der Waals surface area contributed by atoms with Crippen molar-refractivity contribution in [2.45, 2.75) is 26.2 Å². The van der Waals surface area contributed by atoms with E-state index in [2.05, 4.69) is 9.47 Å². The van der Waals surface area contributed by atoms with Gasteiger partial charge in [0.15, 0.2) is 15.3 Å². The summed E-state index contributed by atoms with van der Waals surface area (Å²) in [4.78, 5) is 24.0. The van der Waals surface area contributed by atoms with E-state index in [0.717, 1.165) is 27.1 Å². The van der Waals surface area contributed by atoms with Gasteiger partial charge in [0.25, 0.3) is 0 Å². The fourth-order valence-corrected chi connectivity index (χ4v) is 5.00. The van der Waals surface area contributed by atoms with Crippen LogP contribution in [0.15, 0.2) is 0 Å². The number of ether oxygens (including phenoxy) is 2. The van der Waals surface area contributed by atoms with Crippen molar-refractivity contribution in [2.75, 3.05) is 25.7 Å². The Morgan fingerprint density at radius 3 is 2.16 bits per heavy atom. The summed E-state index contributed by atoms with van der Waals surface area (Å²) in [5, 5.41) is 0. The van der Waals surface area contributed by atoms with Gasteiger partial charge in [-0.1, -0.05) is 19.8 Å². The Kier molecular flexibility index (Phi) is 4.95. The molecule has 0 aliphatic carbocycles. The second-order valence-corrected chi connectivity index (χ2v) is 6.96. The van der Waals surface area contributed by atoms with Crippen LogP contribution in [-0.2, 0) is 28.9 Å². The molecule has 0 saturated carbocycles. The third-order valence-electron chi connectivity index (χ3n) is 3.61. The molecule has 1 saturated heterocycles. The first-order valence-corrected chi connectivity index (χ1v) is 8.03. The van der Waals surface area contributed by atoms with Gasteiger partial charge in [0, 0.05) is 5.92 Å². The van der Waals surface area contributed by atoms with E-state index >= 15 is 0 Å². The lowest BCUT2D eigenvalue weighted by Crippen LogP contribution is -2.47. The molecule has 1 aliphatic heterocycles. The summed E-state index contributed by atoms with van der Waals surface area (Å²) in [5.74, 6) is -2.90. The van der Waals surface area contributed by atoms with E-state index in [4.69, 9.17) is 0 Å². The van der Waals surface area contributed by atoms with Crippen molar-refractivity contribution in [1.82, 2.24) is 0 Å². The Balaban J connectivity index is 3.23. The van der Waals surface area contributed by atoms with Crippen LogP contribution in [0.4, 0.5) is 0 Å². The van der Waals surface area contributed by atoms with Crippen molar-refractivity contribution in [3.8, 4) is 0 Å². The maximum Gasteiger partial charge on any atom is 0.324 e. The number of esters is 2. The van der Waals surface area contributed by atoms with E-state index in [0.29, 0.717) is 6.42 Å². The van der Waals surface area contributed by atoms with Crippen LogP contribution in [0.5, 0.6) is 0 Å². The molecule has 0 amide bonds. The fraction of sp³-hybridized carbons (Fsp3) is 0.833. The van der Waals surface area contributed by atoms with Crippen molar-refractivity contribution < 1.29 is 27.5 Å². The zero-order valence-corrected chi connectivity index (χ0v) is 12.3. The molecule has 1 unspecified atom stereocenters. The van der Waals surface area contributed by atoms with Gasteiger partial charge in [0.05, 0.1) is 25.7 Å². The minimum absolute atomic E-state index is 0.169. The molecule has 0 N–H and O–H groups in total. The maximum atomic E-state index is 12.0. The first-order chi connectivity index (χ1) is 8.84. The van der Waals surface area contributed by atoms with Crippen LogP contribution in [0.3, 0.4) is 0 Å². The molecule has 0 aromatic heterocycles. The average molecular weight is 292 g/mol. The predicted octanol–water partition coefficient (Wildman–Crippen LogP) is 0.554. The molecule has 0 aromatic rings. The van der Waals surface area contributed by atoms with Crippen molar-refractivity contribution in [3.05, 3.63) is 0 Å². The number of rotatable bonds is 5. The monoisotopic (exact) mass is 292 g/mol. The average Bonchev–Trinajstić information content (AvgIpc) is 2.66. The van der Waals surface area contributed by atoms with Crippen molar-refractivity contribution >= 4 is 21.8 Å². The van der Waals surface area contributed by atoms with Crippen LogP contribution >= 0.6 is 0 Å². The predicted molar refractivity (Wildman–Crippen MR) is 68.1 cm³/mol. The van der Waals surface area contributed by atoms with Gasteiger partial charge in [-0.2, -0.15) is 0 Å². The summed E-state index contributed by atoms with van der Waals surface area (Å²) < 4.78 is 33.0.